The number of benzene rings is 1. The van der Waals surface area contributed by atoms with Gasteiger partial charge < -0.3 is 23.9 Å². The van der Waals surface area contributed by atoms with Gasteiger partial charge in [0.15, 0.2) is 0 Å². The summed E-state index contributed by atoms with van der Waals surface area (Å²) in [6, 6.07) is 11.5. The number of rotatable bonds is 8. The molecule has 0 spiro atoms. The monoisotopic (exact) mass is 382 g/mol. The largest absolute Gasteiger partial charge is 0.497 e. The van der Waals surface area contributed by atoms with Gasteiger partial charge in [0.05, 0.1) is 26.5 Å². The van der Waals surface area contributed by atoms with Gasteiger partial charge in [-0.1, -0.05) is 12.1 Å². The Morgan fingerprint density at radius 2 is 2.14 bits per heavy atom. The van der Waals surface area contributed by atoms with Gasteiger partial charge in [0.25, 0.3) is 0 Å². The molecule has 0 aliphatic carbocycles. The normalized spacial score (nSPS) is 10.9. The number of hydrogen-bond acceptors (Lipinski definition) is 4. The third-order valence-electron chi connectivity index (χ3n) is 4.25. The molecule has 2 heterocycles. The first-order valence-electron chi connectivity index (χ1n) is 9.26. The summed E-state index contributed by atoms with van der Waals surface area (Å²) in [6.45, 7) is 5.26. The molecule has 7 heteroatoms. The second-order valence-electron chi connectivity index (χ2n) is 6.86. The van der Waals surface area contributed by atoms with Crippen molar-refractivity contribution in [3.63, 3.8) is 0 Å². The van der Waals surface area contributed by atoms with Crippen LogP contribution in [-0.2, 0) is 19.6 Å². The SMILES string of the molecule is COc1cccc(Cn2ccnc2CN(Cc2ccco2)C(=O)NC(C)C)c1. The maximum absolute atomic E-state index is 12.7. The Morgan fingerprint density at radius 3 is 2.86 bits per heavy atom. The van der Waals surface area contributed by atoms with Gasteiger partial charge >= 0.3 is 6.03 Å². The number of amides is 2. The van der Waals surface area contributed by atoms with Crippen LogP contribution >= 0.6 is 0 Å². The quantitative estimate of drug-likeness (QED) is 0.645. The van der Waals surface area contributed by atoms with Gasteiger partial charge in [-0.3, -0.25) is 0 Å². The summed E-state index contributed by atoms with van der Waals surface area (Å²) in [4.78, 5) is 18.8. The Bertz CT molecular complexity index is 887. The fourth-order valence-electron chi connectivity index (χ4n) is 2.90. The molecule has 0 aliphatic heterocycles. The smallest absolute Gasteiger partial charge is 0.318 e. The van der Waals surface area contributed by atoms with Crippen molar-refractivity contribution in [1.82, 2.24) is 19.8 Å². The summed E-state index contributed by atoms with van der Waals surface area (Å²) in [6.07, 6.45) is 5.28. The second-order valence-corrected chi connectivity index (χ2v) is 6.86. The second kappa shape index (κ2) is 9.12. The molecule has 0 fully saturated rings. The number of carbonyl (C=O) groups is 1. The molecule has 0 aliphatic rings. The average molecular weight is 382 g/mol. The molecule has 28 heavy (non-hydrogen) atoms. The third-order valence-corrected chi connectivity index (χ3v) is 4.25. The molecule has 0 saturated heterocycles. The van der Waals surface area contributed by atoms with Gasteiger partial charge in [0.2, 0.25) is 0 Å². The molecule has 1 aromatic carbocycles. The molecule has 2 amide bonds. The Morgan fingerprint density at radius 1 is 1.29 bits per heavy atom. The van der Waals surface area contributed by atoms with Crippen LogP contribution in [0.5, 0.6) is 5.75 Å². The highest BCUT2D eigenvalue weighted by molar-refractivity contribution is 5.74. The van der Waals surface area contributed by atoms with Crippen LogP contribution in [0.3, 0.4) is 0 Å². The van der Waals surface area contributed by atoms with E-state index in [-0.39, 0.29) is 12.1 Å². The highest BCUT2D eigenvalue weighted by Crippen LogP contribution is 2.16. The minimum atomic E-state index is -0.151. The summed E-state index contributed by atoms with van der Waals surface area (Å²) in [5, 5.41) is 2.94. The molecule has 0 radical (unpaired) electrons. The van der Waals surface area contributed by atoms with Gasteiger partial charge in [-0.25, -0.2) is 9.78 Å². The first-order valence-corrected chi connectivity index (χ1v) is 9.26. The van der Waals surface area contributed by atoms with Gasteiger partial charge in [0, 0.05) is 25.0 Å². The molecule has 0 saturated carbocycles. The number of furan rings is 1. The molecule has 3 aromatic rings. The van der Waals surface area contributed by atoms with Crippen LogP contribution < -0.4 is 10.1 Å². The molecule has 0 unspecified atom stereocenters. The molecule has 7 nitrogen and oxygen atoms in total. The van der Waals surface area contributed by atoms with Gasteiger partial charge in [0.1, 0.15) is 17.3 Å². The van der Waals surface area contributed by atoms with E-state index >= 15 is 0 Å². The standard InChI is InChI=1S/C21H26N4O3/c1-16(2)23-21(26)25(14-19-8-5-11-28-19)15-20-22-9-10-24(20)13-17-6-4-7-18(12-17)27-3/h4-12,16H,13-15H2,1-3H3,(H,23,26). The Kier molecular flexibility index (Phi) is 6.37. The lowest BCUT2D eigenvalue weighted by atomic mass is 10.2. The number of aromatic nitrogens is 2. The van der Waals surface area contributed by atoms with E-state index in [1.807, 2.05) is 61.0 Å². The number of nitrogens with zero attached hydrogens (tertiary/aromatic N) is 3. The van der Waals surface area contributed by atoms with Crippen molar-refractivity contribution in [1.29, 1.82) is 0 Å². The lowest BCUT2D eigenvalue weighted by Gasteiger charge is -2.23. The number of hydrogen-bond donors (Lipinski definition) is 1. The summed E-state index contributed by atoms with van der Waals surface area (Å²) in [5.74, 6) is 2.34. The van der Waals surface area contributed by atoms with E-state index in [1.165, 1.54) is 0 Å². The van der Waals surface area contributed by atoms with Crippen molar-refractivity contribution in [3.8, 4) is 5.75 Å². The van der Waals surface area contributed by atoms with Crippen molar-refractivity contribution in [3.05, 3.63) is 72.2 Å². The van der Waals surface area contributed by atoms with Crippen molar-refractivity contribution < 1.29 is 13.9 Å². The molecular formula is C21H26N4O3. The molecule has 0 bridgehead atoms. The van der Waals surface area contributed by atoms with Crippen LogP contribution in [0.15, 0.2) is 59.5 Å². The van der Waals surface area contributed by atoms with Crippen LogP contribution in [0.25, 0.3) is 0 Å². The number of carbonyl (C=O) groups excluding carboxylic acids is 1. The maximum Gasteiger partial charge on any atom is 0.318 e. The third kappa shape index (κ3) is 5.16. The van der Waals surface area contributed by atoms with Gasteiger partial charge in [-0.15, -0.1) is 0 Å². The van der Waals surface area contributed by atoms with Crippen LogP contribution in [0.1, 0.15) is 31.0 Å². The first kappa shape index (κ1) is 19.5. The van der Waals surface area contributed by atoms with E-state index in [1.54, 1.807) is 24.5 Å². The van der Waals surface area contributed by atoms with Crippen molar-refractivity contribution in [2.24, 2.45) is 0 Å². The molecular weight excluding hydrogens is 356 g/mol. The predicted molar refractivity (Wildman–Crippen MR) is 106 cm³/mol. The molecule has 2 aromatic heterocycles. The maximum atomic E-state index is 12.7. The van der Waals surface area contributed by atoms with Crippen LogP contribution in [0.4, 0.5) is 4.79 Å². The van der Waals surface area contributed by atoms with Crippen LogP contribution in [-0.4, -0.2) is 33.6 Å². The van der Waals surface area contributed by atoms with E-state index in [0.717, 1.165) is 22.9 Å². The highest BCUT2D eigenvalue weighted by atomic mass is 16.5. The zero-order valence-electron chi connectivity index (χ0n) is 16.5. The fraction of sp³-hybridized carbons (Fsp3) is 0.333. The van der Waals surface area contributed by atoms with E-state index in [2.05, 4.69) is 10.3 Å². The summed E-state index contributed by atoms with van der Waals surface area (Å²) < 4.78 is 12.8. The zero-order chi connectivity index (χ0) is 19.9. The fourth-order valence-corrected chi connectivity index (χ4v) is 2.90. The minimum absolute atomic E-state index is 0.0446. The lowest BCUT2D eigenvalue weighted by Crippen LogP contribution is -2.42. The Hall–Kier alpha value is -3.22. The molecule has 3 rings (SSSR count). The molecule has 148 valence electrons. The van der Waals surface area contributed by atoms with E-state index in [9.17, 15) is 4.79 Å². The number of methoxy groups -OCH3 is 1. The van der Waals surface area contributed by atoms with Crippen LogP contribution in [0.2, 0.25) is 0 Å². The highest BCUT2D eigenvalue weighted by Gasteiger charge is 2.19. The van der Waals surface area contributed by atoms with Crippen molar-refractivity contribution in [2.75, 3.05) is 7.11 Å². The Labute approximate surface area is 164 Å². The van der Waals surface area contributed by atoms with E-state index in [0.29, 0.717) is 19.6 Å². The minimum Gasteiger partial charge on any atom is -0.497 e. The summed E-state index contributed by atoms with van der Waals surface area (Å²) >= 11 is 0. The lowest BCUT2D eigenvalue weighted by molar-refractivity contribution is 0.182. The first-order chi connectivity index (χ1) is 13.5. The molecule has 0 atom stereocenters. The number of ether oxygens (including phenoxy) is 1. The Balaban J connectivity index is 1.77. The van der Waals surface area contributed by atoms with E-state index in [4.69, 9.17) is 9.15 Å². The predicted octanol–water partition coefficient (Wildman–Crippen LogP) is 3.65. The van der Waals surface area contributed by atoms with E-state index < -0.39 is 0 Å². The number of nitrogens with one attached hydrogen (secondary N) is 1. The van der Waals surface area contributed by atoms with Crippen LogP contribution in [0, 0.1) is 0 Å². The van der Waals surface area contributed by atoms with Gasteiger partial charge in [-0.2, -0.15) is 0 Å². The van der Waals surface area contributed by atoms with Crippen molar-refractivity contribution in [2.45, 2.75) is 39.5 Å². The number of imidazole rings is 1. The summed E-state index contributed by atoms with van der Waals surface area (Å²) in [7, 11) is 1.65. The molecule has 1 N–H and O–H groups in total. The zero-order valence-corrected chi connectivity index (χ0v) is 16.5. The number of urea groups is 1. The van der Waals surface area contributed by atoms with Crippen molar-refractivity contribution >= 4 is 6.03 Å². The topological polar surface area (TPSA) is 72.5 Å². The average Bonchev–Trinajstić information content (AvgIpc) is 3.33. The summed E-state index contributed by atoms with van der Waals surface area (Å²) in [5.41, 5.74) is 1.10. The van der Waals surface area contributed by atoms with Gasteiger partial charge in [-0.05, 0) is 43.7 Å².